The summed E-state index contributed by atoms with van der Waals surface area (Å²) in [6.45, 7) is 9.61. The number of carbonyl (C=O) groups is 4. The summed E-state index contributed by atoms with van der Waals surface area (Å²) in [4.78, 5) is 66.5. The van der Waals surface area contributed by atoms with Crippen molar-refractivity contribution in [3.05, 3.63) is 83.0 Å². The molecular weight excluding hydrogens is 795 g/mol. The Morgan fingerprint density at radius 2 is 1.53 bits per heavy atom. The Hall–Kier alpha value is -5.70. The lowest BCUT2D eigenvalue weighted by molar-refractivity contribution is -0.122. The molecule has 5 amide bonds. The summed E-state index contributed by atoms with van der Waals surface area (Å²) >= 11 is 6.47. The Balaban J connectivity index is 0.831. The van der Waals surface area contributed by atoms with E-state index >= 15 is 0 Å². The van der Waals surface area contributed by atoms with Crippen LogP contribution in [0.1, 0.15) is 40.0 Å². The molecule has 0 aliphatic carbocycles. The summed E-state index contributed by atoms with van der Waals surface area (Å²) in [5.74, 6) is 0.376. The van der Waals surface area contributed by atoms with Gasteiger partial charge in [0.2, 0.25) is 11.9 Å². The van der Waals surface area contributed by atoms with Crippen molar-refractivity contribution >= 4 is 82.3 Å². The third kappa shape index (κ3) is 8.43. The van der Waals surface area contributed by atoms with Gasteiger partial charge < -0.3 is 29.7 Å². The van der Waals surface area contributed by atoms with Gasteiger partial charge in [-0.3, -0.25) is 24.6 Å². The van der Waals surface area contributed by atoms with E-state index in [1.807, 2.05) is 42.5 Å². The number of para-hydroxylation sites is 1. The van der Waals surface area contributed by atoms with Crippen molar-refractivity contribution < 1.29 is 28.5 Å². The van der Waals surface area contributed by atoms with Crippen LogP contribution in [0.3, 0.4) is 0 Å². The number of piperazine rings is 1. The van der Waals surface area contributed by atoms with Crippen molar-refractivity contribution in [2.45, 2.75) is 19.3 Å². The average Bonchev–Trinajstić information content (AvgIpc) is 3.47. The first kappa shape index (κ1) is 40.1. The summed E-state index contributed by atoms with van der Waals surface area (Å²) in [5.41, 5.74) is 3.83. The molecule has 5 heterocycles. The number of hydrazine groups is 1. The molecule has 3 aromatic carbocycles. The highest BCUT2D eigenvalue weighted by Gasteiger charge is 2.43. The molecular formula is C41H46ClN10O6P. The van der Waals surface area contributed by atoms with Crippen molar-refractivity contribution in [3.63, 3.8) is 0 Å². The van der Waals surface area contributed by atoms with Gasteiger partial charge in [0.25, 0.3) is 11.8 Å². The minimum absolute atomic E-state index is 0.0153. The van der Waals surface area contributed by atoms with E-state index in [-0.39, 0.29) is 24.1 Å². The molecule has 0 saturated carbocycles. The molecule has 4 aromatic rings. The number of nitrogens with zero attached hydrogens (tertiary/aromatic N) is 7. The lowest BCUT2D eigenvalue weighted by Gasteiger charge is -2.40. The highest BCUT2D eigenvalue weighted by Crippen LogP contribution is 2.39. The van der Waals surface area contributed by atoms with Crippen LogP contribution in [0.25, 0.3) is 0 Å². The van der Waals surface area contributed by atoms with Gasteiger partial charge in [-0.25, -0.2) is 14.8 Å². The molecule has 0 unspecified atom stereocenters. The molecule has 8 rings (SSSR count). The molecule has 4 aliphatic rings. The van der Waals surface area contributed by atoms with E-state index in [9.17, 15) is 23.7 Å². The van der Waals surface area contributed by atoms with Gasteiger partial charge in [-0.05, 0) is 74.6 Å². The average molecular weight is 841 g/mol. The van der Waals surface area contributed by atoms with Crippen LogP contribution in [-0.4, -0.2) is 121 Å². The largest absolute Gasteiger partial charge is 0.494 e. The number of nitrogens with one attached hydrogen (secondary N) is 3. The van der Waals surface area contributed by atoms with Crippen LogP contribution in [0.15, 0.2) is 66.9 Å². The molecule has 0 atom stereocenters. The van der Waals surface area contributed by atoms with E-state index in [4.69, 9.17) is 16.3 Å². The molecule has 3 saturated heterocycles. The molecule has 59 heavy (non-hydrogen) atoms. The Bertz CT molecular complexity index is 2360. The Morgan fingerprint density at radius 1 is 0.831 bits per heavy atom. The van der Waals surface area contributed by atoms with Gasteiger partial charge in [-0.1, -0.05) is 23.7 Å². The minimum atomic E-state index is -2.56. The molecule has 1 aromatic heterocycles. The molecule has 4 aliphatic heterocycles. The van der Waals surface area contributed by atoms with E-state index in [0.29, 0.717) is 45.1 Å². The van der Waals surface area contributed by atoms with Gasteiger partial charge in [-0.15, -0.1) is 0 Å². The second-order valence-corrected chi connectivity index (χ2v) is 19.1. The van der Waals surface area contributed by atoms with Crippen LogP contribution in [0.4, 0.5) is 39.3 Å². The number of hydrogen-bond acceptors (Lipinski definition) is 13. The normalized spacial score (nSPS) is 18.0. The summed E-state index contributed by atoms with van der Waals surface area (Å²) in [6, 6.07) is 18.0. The first-order valence-corrected chi connectivity index (χ1v) is 22.6. The molecule has 18 heteroatoms. The van der Waals surface area contributed by atoms with E-state index in [2.05, 4.69) is 46.7 Å². The number of imide groups is 2. The predicted molar refractivity (Wildman–Crippen MR) is 228 cm³/mol. The number of ether oxygens (including phenoxy) is 1. The van der Waals surface area contributed by atoms with Crippen LogP contribution in [0.5, 0.6) is 5.75 Å². The number of anilines is 6. The number of halogens is 1. The maximum absolute atomic E-state index is 13.3. The number of methoxy groups -OCH3 is 1. The van der Waals surface area contributed by atoms with Crippen LogP contribution < -0.4 is 35.8 Å². The van der Waals surface area contributed by atoms with Gasteiger partial charge >= 0.3 is 6.03 Å². The number of benzene rings is 3. The molecule has 0 spiro atoms. The quantitative estimate of drug-likeness (QED) is 0.130. The van der Waals surface area contributed by atoms with Gasteiger partial charge in [0.05, 0.1) is 42.4 Å². The first-order valence-electron chi connectivity index (χ1n) is 19.6. The Kier molecular flexibility index (Phi) is 11.2. The summed E-state index contributed by atoms with van der Waals surface area (Å²) in [5, 5.41) is 11.6. The fourth-order valence-electron chi connectivity index (χ4n) is 8.10. The molecule has 16 nitrogen and oxygen atoms in total. The highest BCUT2D eigenvalue weighted by atomic mass is 35.5. The summed E-state index contributed by atoms with van der Waals surface area (Å²) in [7, 11) is -0.921. The smallest absolute Gasteiger partial charge is 0.343 e. The number of aromatic nitrogens is 2. The van der Waals surface area contributed by atoms with Crippen LogP contribution in [0, 0.1) is 5.92 Å². The van der Waals surface area contributed by atoms with Crippen molar-refractivity contribution in [1.82, 2.24) is 30.2 Å². The number of carbonyl (C=O) groups excluding carboxylic acids is 4. The van der Waals surface area contributed by atoms with Crippen LogP contribution >= 0.6 is 18.7 Å². The number of urea groups is 1. The lowest BCUT2D eigenvalue weighted by Crippen LogP contribution is -2.58. The van der Waals surface area contributed by atoms with E-state index < -0.39 is 30.9 Å². The zero-order valence-electron chi connectivity index (χ0n) is 33.1. The SMILES string of the molecule is COc1cc(N2CCC(CN3CCN(c4ccc5c(c4)C(=O)N(N4CCC(=O)NC4=O)C5=O)CC3)CC2)ccc1Nc1ncc(Cl)c(Nc2ccccc2P(C)(C)=O)n1. The summed E-state index contributed by atoms with van der Waals surface area (Å²) in [6.07, 6.45) is 3.66. The topological polar surface area (TPSA) is 173 Å². The maximum atomic E-state index is 13.3. The fourth-order valence-corrected chi connectivity index (χ4v) is 9.39. The third-order valence-corrected chi connectivity index (χ3v) is 13.1. The van der Waals surface area contributed by atoms with Gasteiger partial charge in [-0.2, -0.15) is 9.99 Å². The zero-order chi connectivity index (χ0) is 41.4. The molecule has 3 fully saturated rings. The van der Waals surface area contributed by atoms with Gasteiger partial charge in [0, 0.05) is 75.0 Å². The standard InChI is InChI=1S/C41H46ClN10O6P/c1-58-34-23-28(9-11-32(34)45-40-43-24-31(42)37(47-40)44-33-6-4-5-7-35(33)59(2,3)57)49-15-12-26(13-16-49)25-48-18-20-50(21-19-48)27-8-10-29-30(22-27)39(55)52(38(29)54)51-17-14-36(53)46-41(51)56/h4-11,22-24,26H,12-21,25H2,1-3H3,(H,46,53,56)(H2,43,44,45,47). The van der Waals surface area contributed by atoms with Crippen LogP contribution in [0.2, 0.25) is 5.02 Å². The lowest BCUT2D eigenvalue weighted by atomic mass is 9.95. The molecule has 3 N–H and O–H groups in total. The van der Waals surface area contributed by atoms with Gasteiger partial charge in [0.15, 0.2) is 5.82 Å². The Labute approximate surface area is 347 Å². The highest BCUT2D eigenvalue weighted by molar-refractivity contribution is 7.70. The van der Waals surface area contributed by atoms with Crippen molar-refractivity contribution in [2.24, 2.45) is 5.92 Å². The van der Waals surface area contributed by atoms with Gasteiger partial charge in [0.1, 0.15) is 17.9 Å². The predicted octanol–water partition coefficient (Wildman–Crippen LogP) is 5.37. The van der Waals surface area contributed by atoms with Crippen molar-refractivity contribution in [3.8, 4) is 5.75 Å². The molecule has 0 bridgehead atoms. The number of fused-ring (bicyclic) bond motifs is 1. The number of hydrogen-bond donors (Lipinski definition) is 3. The number of amides is 5. The molecule has 0 radical (unpaired) electrons. The second-order valence-electron chi connectivity index (χ2n) is 15.5. The number of piperidine rings is 1. The fraction of sp³-hybridized carbons (Fsp3) is 0.366. The minimum Gasteiger partial charge on any atom is -0.494 e. The summed E-state index contributed by atoms with van der Waals surface area (Å²) < 4.78 is 18.7. The van der Waals surface area contributed by atoms with Crippen LogP contribution in [-0.2, 0) is 9.36 Å². The van der Waals surface area contributed by atoms with E-state index in [1.54, 1.807) is 32.6 Å². The van der Waals surface area contributed by atoms with E-state index in [0.717, 1.165) is 80.0 Å². The monoisotopic (exact) mass is 840 g/mol. The third-order valence-electron chi connectivity index (χ3n) is 11.3. The molecule has 308 valence electrons. The maximum Gasteiger partial charge on any atom is 0.343 e. The van der Waals surface area contributed by atoms with E-state index in [1.165, 1.54) is 6.20 Å². The number of rotatable bonds is 11. The van der Waals surface area contributed by atoms with Crippen molar-refractivity contribution in [2.75, 3.05) is 93.2 Å². The first-order chi connectivity index (χ1) is 28.4. The Morgan fingerprint density at radius 3 is 2.25 bits per heavy atom. The zero-order valence-corrected chi connectivity index (χ0v) is 34.8. The second kappa shape index (κ2) is 16.5. The van der Waals surface area contributed by atoms with Crippen molar-refractivity contribution in [1.29, 1.82) is 0 Å².